The minimum atomic E-state index is -1.59. The summed E-state index contributed by atoms with van der Waals surface area (Å²) in [7, 11) is -1.59. The van der Waals surface area contributed by atoms with Crippen molar-refractivity contribution in [3.05, 3.63) is 42.2 Å². The highest BCUT2D eigenvalue weighted by atomic mass is 28.4. The molecule has 0 heterocycles. The Kier molecular flexibility index (Phi) is 17.5. The zero-order valence-corrected chi connectivity index (χ0v) is 21.6. The molecular weight excluding hydrogens is 368 g/mol. The van der Waals surface area contributed by atoms with E-state index in [1.54, 1.807) is 0 Å². The second kappa shape index (κ2) is 18.0. The van der Waals surface area contributed by atoms with Crippen molar-refractivity contribution in [2.45, 2.75) is 123 Å². The molecule has 0 saturated heterocycles. The summed E-state index contributed by atoms with van der Waals surface area (Å²) >= 11 is 0. The van der Waals surface area contributed by atoms with Gasteiger partial charge in [0.25, 0.3) is 0 Å². The van der Waals surface area contributed by atoms with Crippen LogP contribution in [0.5, 0.6) is 0 Å². The molecule has 0 spiro atoms. The van der Waals surface area contributed by atoms with Gasteiger partial charge in [-0.3, -0.25) is 0 Å². The van der Waals surface area contributed by atoms with Crippen molar-refractivity contribution in [2.75, 3.05) is 6.61 Å². The van der Waals surface area contributed by atoms with Crippen LogP contribution in [0.25, 0.3) is 0 Å². The zero-order chi connectivity index (χ0) is 21.8. The Morgan fingerprint density at radius 2 is 1.31 bits per heavy atom. The maximum atomic E-state index is 6.16. The fraction of sp³-hybridized carbons (Fsp3) is 0.741. The van der Waals surface area contributed by atoms with Gasteiger partial charge in [0.15, 0.2) is 8.32 Å². The van der Waals surface area contributed by atoms with Crippen molar-refractivity contribution in [3.63, 3.8) is 0 Å². The van der Waals surface area contributed by atoms with Gasteiger partial charge in [0.05, 0.1) is 0 Å². The molecule has 0 aromatic carbocycles. The van der Waals surface area contributed by atoms with Crippen molar-refractivity contribution >= 4 is 8.32 Å². The van der Waals surface area contributed by atoms with Crippen molar-refractivity contribution in [3.8, 4) is 0 Å². The van der Waals surface area contributed by atoms with Crippen LogP contribution in [0.4, 0.5) is 0 Å². The third kappa shape index (κ3) is 17.7. The standard InChI is InChI=1S/C27H50OSi/c1-7-8-9-10-11-12-13-14-15-16-17-18-19-20-21-22-23-24-25-26-28-29(5,6)27(2,3)4/h16-17,19-20,22,24H,7-15,18,21,25-26H2,1-6H3. The smallest absolute Gasteiger partial charge is 0.191 e. The lowest BCUT2D eigenvalue weighted by Crippen LogP contribution is -2.40. The topological polar surface area (TPSA) is 9.23 Å². The molecule has 0 fully saturated rings. The molecule has 0 aliphatic rings. The van der Waals surface area contributed by atoms with E-state index in [-0.39, 0.29) is 0 Å². The Morgan fingerprint density at radius 3 is 1.97 bits per heavy atom. The van der Waals surface area contributed by atoms with E-state index in [2.05, 4.69) is 83.0 Å². The van der Waals surface area contributed by atoms with Gasteiger partial charge in [-0.15, -0.1) is 5.73 Å². The highest BCUT2D eigenvalue weighted by Crippen LogP contribution is 2.36. The number of hydrogen-bond donors (Lipinski definition) is 0. The second-order valence-electron chi connectivity index (χ2n) is 9.65. The molecule has 0 amide bonds. The monoisotopic (exact) mass is 418 g/mol. The van der Waals surface area contributed by atoms with Crippen molar-refractivity contribution in [1.29, 1.82) is 0 Å². The number of allylic oxidation sites excluding steroid dienone is 4. The Bertz CT molecular complexity index is 487. The average molecular weight is 419 g/mol. The summed E-state index contributed by atoms with van der Waals surface area (Å²) < 4.78 is 6.16. The molecule has 168 valence electrons. The van der Waals surface area contributed by atoms with Crippen LogP contribution in [0.2, 0.25) is 18.1 Å². The maximum Gasteiger partial charge on any atom is 0.191 e. The molecule has 0 aromatic rings. The highest BCUT2D eigenvalue weighted by molar-refractivity contribution is 6.74. The molecule has 2 heteroatoms. The molecule has 0 rings (SSSR count). The lowest BCUT2D eigenvalue weighted by atomic mass is 10.1. The lowest BCUT2D eigenvalue weighted by Gasteiger charge is -2.36. The van der Waals surface area contributed by atoms with Gasteiger partial charge >= 0.3 is 0 Å². The van der Waals surface area contributed by atoms with E-state index in [0.29, 0.717) is 5.04 Å². The van der Waals surface area contributed by atoms with Crippen LogP contribution in [0, 0.1) is 0 Å². The van der Waals surface area contributed by atoms with Gasteiger partial charge in [0, 0.05) is 6.61 Å². The zero-order valence-electron chi connectivity index (χ0n) is 20.6. The van der Waals surface area contributed by atoms with E-state index in [9.17, 15) is 0 Å². The quantitative estimate of drug-likeness (QED) is 0.0988. The molecule has 0 atom stereocenters. The van der Waals surface area contributed by atoms with Crippen LogP contribution in [-0.2, 0) is 4.43 Å². The highest BCUT2D eigenvalue weighted by Gasteiger charge is 2.36. The SMILES string of the molecule is CCCCCCCCCCC=CCC=CCC=C=CCCO[Si](C)(C)C(C)(C)C. The van der Waals surface area contributed by atoms with Gasteiger partial charge in [0.1, 0.15) is 0 Å². The van der Waals surface area contributed by atoms with Crippen molar-refractivity contribution in [2.24, 2.45) is 0 Å². The molecule has 0 radical (unpaired) electrons. The van der Waals surface area contributed by atoms with Crippen molar-refractivity contribution in [1.82, 2.24) is 0 Å². The molecule has 0 unspecified atom stereocenters. The largest absolute Gasteiger partial charge is 0.416 e. The predicted molar refractivity (Wildman–Crippen MR) is 135 cm³/mol. The van der Waals surface area contributed by atoms with E-state index in [1.807, 2.05) is 0 Å². The third-order valence-corrected chi connectivity index (χ3v) is 10.4. The minimum Gasteiger partial charge on any atom is -0.416 e. The van der Waals surface area contributed by atoms with Gasteiger partial charge in [-0.2, -0.15) is 0 Å². The fourth-order valence-electron chi connectivity index (χ4n) is 2.77. The normalized spacial score (nSPS) is 12.6. The predicted octanol–water partition coefficient (Wildman–Crippen LogP) is 9.53. The number of rotatable bonds is 17. The molecule has 0 saturated carbocycles. The number of unbranched alkanes of at least 4 members (excludes halogenated alkanes) is 8. The van der Waals surface area contributed by atoms with Crippen LogP contribution >= 0.6 is 0 Å². The number of hydrogen-bond acceptors (Lipinski definition) is 1. The summed E-state index contributed by atoms with van der Waals surface area (Å²) in [6, 6.07) is 0. The van der Waals surface area contributed by atoms with Gasteiger partial charge in [0.2, 0.25) is 0 Å². The maximum absolute atomic E-state index is 6.16. The first-order valence-corrected chi connectivity index (χ1v) is 15.1. The van der Waals surface area contributed by atoms with Gasteiger partial charge in [-0.05, 0) is 62.4 Å². The van der Waals surface area contributed by atoms with E-state index >= 15 is 0 Å². The van der Waals surface area contributed by atoms with E-state index in [1.165, 1.54) is 57.8 Å². The molecule has 29 heavy (non-hydrogen) atoms. The molecule has 0 aliphatic carbocycles. The molecule has 0 aliphatic heterocycles. The summed E-state index contributed by atoms with van der Waals surface area (Å²) in [5.74, 6) is 0. The Labute approximate surface area is 184 Å². The van der Waals surface area contributed by atoms with Gasteiger partial charge in [-0.1, -0.05) is 96.9 Å². The van der Waals surface area contributed by atoms with Crippen LogP contribution in [0.3, 0.4) is 0 Å². The Morgan fingerprint density at radius 1 is 0.724 bits per heavy atom. The first kappa shape index (κ1) is 28.2. The summed E-state index contributed by atoms with van der Waals surface area (Å²) in [5, 5.41) is 0.291. The third-order valence-electron chi connectivity index (χ3n) is 5.85. The van der Waals surface area contributed by atoms with Crippen LogP contribution < -0.4 is 0 Å². The summed E-state index contributed by atoms with van der Waals surface area (Å²) in [6.07, 6.45) is 28.7. The Hall–Kier alpha value is -0.823. The second-order valence-corrected chi connectivity index (χ2v) is 14.5. The molecular formula is C27H50OSi. The minimum absolute atomic E-state index is 0.291. The summed E-state index contributed by atoms with van der Waals surface area (Å²) in [4.78, 5) is 0. The summed E-state index contributed by atoms with van der Waals surface area (Å²) in [6.45, 7) is 14.6. The average Bonchev–Trinajstić information content (AvgIpc) is 2.65. The lowest BCUT2D eigenvalue weighted by molar-refractivity contribution is 0.294. The van der Waals surface area contributed by atoms with E-state index in [0.717, 1.165) is 25.9 Å². The first-order chi connectivity index (χ1) is 13.8. The van der Waals surface area contributed by atoms with Crippen LogP contribution in [-0.4, -0.2) is 14.9 Å². The van der Waals surface area contributed by atoms with E-state index < -0.39 is 8.32 Å². The van der Waals surface area contributed by atoms with Crippen LogP contribution in [0.15, 0.2) is 42.2 Å². The van der Waals surface area contributed by atoms with E-state index in [4.69, 9.17) is 4.43 Å². The fourth-order valence-corrected chi connectivity index (χ4v) is 3.83. The van der Waals surface area contributed by atoms with Gasteiger partial charge in [-0.25, -0.2) is 0 Å². The van der Waals surface area contributed by atoms with Crippen LogP contribution in [0.1, 0.15) is 105 Å². The molecule has 0 N–H and O–H groups in total. The molecule has 0 aromatic heterocycles. The van der Waals surface area contributed by atoms with Gasteiger partial charge < -0.3 is 4.43 Å². The molecule has 0 bridgehead atoms. The molecule has 1 nitrogen and oxygen atoms in total. The Balaban J connectivity index is 3.59. The van der Waals surface area contributed by atoms with Crippen molar-refractivity contribution < 1.29 is 4.43 Å². The summed E-state index contributed by atoms with van der Waals surface area (Å²) in [5.41, 5.74) is 3.27. The first-order valence-electron chi connectivity index (χ1n) is 12.1.